The Hall–Kier alpha value is -0.429. The van der Waals surface area contributed by atoms with Crippen molar-refractivity contribution in [1.82, 2.24) is 0 Å². The second kappa shape index (κ2) is 6.29. The van der Waals surface area contributed by atoms with Gasteiger partial charge in [-0.1, -0.05) is 88.3 Å². The molecule has 3 rings (SSSR count). The average molecular weight is 431 g/mol. The Bertz CT molecular complexity index is 766. The Labute approximate surface area is 177 Å². The molecule has 0 atom stereocenters. The third-order valence-corrected chi connectivity index (χ3v) is 19.2. The molecular weight excluding hydrogens is 389 g/mol. The number of hydrogen-bond acceptors (Lipinski definition) is 1. The standard InChI is InChI=1S/C24H42OSi3/c1-23(2,3)17-13-19-21(15-17)27(9,10)25-28(11,12)22-16-18(24(4,5)6)14-20(22)26(19,7)8/h15-16H,13-14H2,1-12H3. The van der Waals surface area contributed by atoms with E-state index >= 15 is 0 Å². The molecule has 0 amide bonds. The summed E-state index contributed by atoms with van der Waals surface area (Å²) < 4.78 is 7.20. The molecule has 0 aromatic rings. The molecular formula is C24H42OSi3. The van der Waals surface area contributed by atoms with Crippen molar-refractivity contribution in [3.63, 3.8) is 0 Å². The number of hydrogen-bond donors (Lipinski definition) is 0. The lowest BCUT2D eigenvalue weighted by Crippen LogP contribution is -2.51. The van der Waals surface area contributed by atoms with E-state index in [-0.39, 0.29) is 10.8 Å². The van der Waals surface area contributed by atoms with E-state index in [2.05, 4.69) is 93.0 Å². The summed E-state index contributed by atoms with van der Waals surface area (Å²) in [6, 6.07) is 0. The fourth-order valence-electron chi connectivity index (χ4n) is 5.28. The van der Waals surface area contributed by atoms with E-state index in [0.717, 1.165) is 0 Å². The molecule has 0 radical (unpaired) electrons. The highest BCUT2D eigenvalue weighted by Crippen LogP contribution is 2.52. The zero-order valence-electron chi connectivity index (χ0n) is 20.5. The SMILES string of the molecule is CC(C)(C)C1=CC2=C(C1)[Si](C)(C)C1=C(C=C(C(C)(C)C)C1)[Si](C)(C)O[Si]2(C)C. The summed E-state index contributed by atoms with van der Waals surface area (Å²) in [6.07, 6.45) is 7.53. The lowest BCUT2D eigenvalue weighted by molar-refractivity contribution is 0.495. The minimum absolute atomic E-state index is 0.241. The summed E-state index contributed by atoms with van der Waals surface area (Å²) in [6.45, 7) is 29.4. The van der Waals surface area contributed by atoms with Gasteiger partial charge in [0.2, 0.25) is 16.6 Å². The van der Waals surface area contributed by atoms with E-state index in [0.29, 0.717) is 0 Å². The van der Waals surface area contributed by atoms with Gasteiger partial charge in [0.15, 0.2) is 0 Å². The molecule has 0 bridgehead atoms. The maximum Gasteiger partial charge on any atom is 0.205 e. The molecule has 0 fully saturated rings. The molecule has 0 N–H and O–H groups in total. The normalized spacial score (nSPS) is 26.4. The van der Waals surface area contributed by atoms with Crippen molar-refractivity contribution in [3.05, 3.63) is 44.1 Å². The van der Waals surface area contributed by atoms with Crippen molar-refractivity contribution in [2.24, 2.45) is 10.8 Å². The average Bonchev–Trinajstić information content (AvgIpc) is 3.10. The summed E-state index contributed by atoms with van der Waals surface area (Å²) in [7, 11) is -5.59. The molecule has 0 saturated heterocycles. The zero-order valence-corrected chi connectivity index (χ0v) is 23.5. The molecule has 0 aromatic heterocycles. The van der Waals surface area contributed by atoms with Crippen LogP contribution in [0.1, 0.15) is 54.4 Å². The molecule has 1 aliphatic heterocycles. The summed E-state index contributed by atoms with van der Waals surface area (Å²) in [5, 5.41) is 6.86. The van der Waals surface area contributed by atoms with E-state index in [4.69, 9.17) is 4.12 Å². The van der Waals surface area contributed by atoms with Gasteiger partial charge < -0.3 is 4.12 Å². The highest BCUT2D eigenvalue weighted by atomic mass is 28.4. The Morgan fingerprint density at radius 2 is 0.964 bits per heavy atom. The van der Waals surface area contributed by atoms with Gasteiger partial charge in [0, 0.05) is 0 Å². The van der Waals surface area contributed by atoms with E-state index in [1.54, 1.807) is 31.9 Å². The highest BCUT2D eigenvalue weighted by molar-refractivity contribution is 7.00. The summed E-state index contributed by atoms with van der Waals surface area (Å²) in [5.41, 5.74) is 3.72. The van der Waals surface area contributed by atoms with Gasteiger partial charge in [-0.15, -0.1) is 0 Å². The monoisotopic (exact) mass is 430 g/mol. The maximum absolute atomic E-state index is 7.20. The van der Waals surface area contributed by atoms with E-state index in [9.17, 15) is 0 Å². The molecule has 0 aromatic carbocycles. The van der Waals surface area contributed by atoms with E-state index < -0.39 is 24.7 Å². The first-order valence-electron chi connectivity index (χ1n) is 11.0. The van der Waals surface area contributed by atoms with Gasteiger partial charge in [0.05, 0.1) is 0 Å². The van der Waals surface area contributed by atoms with Crippen LogP contribution in [0.3, 0.4) is 0 Å². The van der Waals surface area contributed by atoms with Gasteiger partial charge in [-0.25, -0.2) is 0 Å². The lowest BCUT2D eigenvalue weighted by Gasteiger charge is -2.42. The molecule has 156 valence electrons. The second-order valence-electron chi connectivity index (χ2n) is 12.7. The van der Waals surface area contributed by atoms with Crippen molar-refractivity contribution in [2.75, 3.05) is 0 Å². The van der Waals surface area contributed by atoms with Crippen LogP contribution in [0.4, 0.5) is 0 Å². The van der Waals surface area contributed by atoms with Crippen LogP contribution in [0.25, 0.3) is 0 Å². The summed E-state index contributed by atoms with van der Waals surface area (Å²) in [5.74, 6) is 0. The molecule has 0 saturated carbocycles. The lowest BCUT2D eigenvalue weighted by atomic mass is 9.86. The first-order chi connectivity index (χ1) is 12.4. The first-order valence-corrected chi connectivity index (χ1v) is 19.8. The topological polar surface area (TPSA) is 9.23 Å². The van der Waals surface area contributed by atoms with Crippen LogP contribution in [0.2, 0.25) is 39.3 Å². The Balaban J connectivity index is 2.20. The summed E-state index contributed by atoms with van der Waals surface area (Å²) in [4.78, 5) is 0. The van der Waals surface area contributed by atoms with Crippen molar-refractivity contribution in [1.29, 1.82) is 0 Å². The fourth-order valence-corrected chi connectivity index (χ4v) is 20.7. The quantitative estimate of drug-likeness (QED) is 0.359. The minimum Gasteiger partial charge on any atom is -0.449 e. The van der Waals surface area contributed by atoms with Gasteiger partial charge >= 0.3 is 0 Å². The fraction of sp³-hybridized carbons (Fsp3) is 0.667. The van der Waals surface area contributed by atoms with Crippen LogP contribution >= 0.6 is 0 Å². The predicted octanol–water partition coefficient (Wildman–Crippen LogP) is 7.64. The molecule has 2 aliphatic carbocycles. The third-order valence-electron chi connectivity index (χ3n) is 7.26. The number of rotatable bonds is 0. The highest BCUT2D eigenvalue weighted by Gasteiger charge is 2.50. The molecule has 0 spiro atoms. The van der Waals surface area contributed by atoms with Crippen LogP contribution in [0, 0.1) is 10.8 Å². The van der Waals surface area contributed by atoms with Gasteiger partial charge in [0.25, 0.3) is 0 Å². The Morgan fingerprint density at radius 3 is 1.25 bits per heavy atom. The van der Waals surface area contributed by atoms with Gasteiger partial charge in [-0.3, -0.25) is 0 Å². The van der Waals surface area contributed by atoms with Crippen molar-refractivity contribution in [2.45, 2.75) is 93.7 Å². The first kappa shape index (κ1) is 22.3. The largest absolute Gasteiger partial charge is 0.449 e. The minimum atomic E-state index is -1.94. The van der Waals surface area contributed by atoms with Crippen LogP contribution < -0.4 is 0 Å². The summed E-state index contributed by atoms with van der Waals surface area (Å²) >= 11 is 0. The van der Waals surface area contributed by atoms with Crippen LogP contribution in [0.5, 0.6) is 0 Å². The molecule has 1 nitrogen and oxygen atoms in total. The van der Waals surface area contributed by atoms with Crippen molar-refractivity contribution in [3.8, 4) is 0 Å². The maximum atomic E-state index is 7.20. The smallest absolute Gasteiger partial charge is 0.205 e. The van der Waals surface area contributed by atoms with Crippen LogP contribution in [0.15, 0.2) is 44.1 Å². The van der Waals surface area contributed by atoms with Crippen LogP contribution in [-0.4, -0.2) is 24.7 Å². The third kappa shape index (κ3) is 3.59. The van der Waals surface area contributed by atoms with E-state index in [1.165, 1.54) is 12.8 Å². The molecule has 28 heavy (non-hydrogen) atoms. The van der Waals surface area contributed by atoms with E-state index in [1.807, 2.05) is 0 Å². The molecule has 1 heterocycles. The zero-order chi connectivity index (χ0) is 21.5. The molecule has 4 heteroatoms. The second-order valence-corrected chi connectivity index (χ2v) is 25.1. The van der Waals surface area contributed by atoms with Gasteiger partial charge in [-0.05, 0) is 60.3 Å². The Morgan fingerprint density at radius 1 is 0.643 bits per heavy atom. The van der Waals surface area contributed by atoms with Crippen molar-refractivity contribution < 1.29 is 4.12 Å². The van der Waals surface area contributed by atoms with Gasteiger partial charge in [-0.2, -0.15) is 0 Å². The number of allylic oxidation sites excluding steroid dienone is 8. The Kier molecular flexibility index (Phi) is 5.00. The van der Waals surface area contributed by atoms with Crippen molar-refractivity contribution >= 4 is 24.7 Å². The molecule has 3 aliphatic rings. The predicted molar refractivity (Wildman–Crippen MR) is 132 cm³/mol. The molecule has 0 unspecified atom stereocenters. The van der Waals surface area contributed by atoms with Gasteiger partial charge in [0.1, 0.15) is 8.07 Å². The van der Waals surface area contributed by atoms with Crippen LogP contribution in [-0.2, 0) is 4.12 Å².